The zero-order chi connectivity index (χ0) is 24.7. The molecule has 0 bridgehead atoms. The van der Waals surface area contributed by atoms with Crippen molar-refractivity contribution >= 4 is 56.8 Å². The molecule has 4 aromatic rings. The monoisotopic (exact) mass is 513 g/mol. The van der Waals surface area contributed by atoms with Gasteiger partial charge in [-0.3, -0.25) is 9.59 Å². The van der Waals surface area contributed by atoms with Crippen LogP contribution in [0.25, 0.3) is 10.1 Å². The standard InChI is InChI=1S/C23H17ClFN5O4S/c1-2-34-23(33)21-27-20(28-22(32)18-12-5-3-4-6-15(12)35-29-18)19-17(26-16(31)10-30(19)21)13-9-11(25)7-8-14(13)24/h3-9,17H,2,10H2,1H3,(H,26,31)(H,28,32)/t17-/m0/s1. The van der Waals surface area contributed by atoms with E-state index in [4.69, 9.17) is 16.3 Å². The van der Waals surface area contributed by atoms with Gasteiger partial charge in [-0.25, -0.2) is 14.2 Å². The first-order valence-electron chi connectivity index (χ1n) is 10.5. The maximum absolute atomic E-state index is 14.1. The van der Waals surface area contributed by atoms with Gasteiger partial charge in [0.25, 0.3) is 5.91 Å². The molecule has 5 rings (SSSR count). The topological polar surface area (TPSA) is 115 Å². The number of ether oxygens (including phenoxy) is 1. The first kappa shape index (κ1) is 22.9. The van der Waals surface area contributed by atoms with E-state index in [1.165, 1.54) is 34.3 Å². The van der Waals surface area contributed by atoms with Crippen LogP contribution in [0.15, 0.2) is 42.5 Å². The van der Waals surface area contributed by atoms with Crippen molar-refractivity contribution in [2.75, 3.05) is 11.9 Å². The number of amides is 2. The highest BCUT2D eigenvalue weighted by Gasteiger charge is 2.36. The SMILES string of the molecule is CCOC(=O)c1nc(NC(=O)c2nsc3ccccc23)c2n1CC(=O)N[C@H]2c1cc(F)ccc1Cl. The molecule has 1 aliphatic heterocycles. The number of hydrogen-bond donors (Lipinski definition) is 2. The molecule has 35 heavy (non-hydrogen) atoms. The van der Waals surface area contributed by atoms with Gasteiger partial charge in [-0.15, -0.1) is 0 Å². The Balaban J connectivity index is 1.64. The van der Waals surface area contributed by atoms with Crippen molar-refractivity contribution < 1.29 is 23.5 Å². The summed E-state index contributed by atoms with van der Waals surface area (Å²) in [4.78, 5) is 42.7. The van der Waals surface area contributed by atoms with Crippen molar-refractivity contribution in [3.8, 4) is 0 Å². The minimum Gasteiger partial charge on any atom is -0.460 e. The number of rotatable bonds is 5. The molecule has 9 nitrogen and oxygen atoms in total. The van der Waals surface area contributed by atoms with Gasteiger partial charge in [0.15, 0.2) is 5.82 Å². The summed E-state index contributed by atoms with van der Waals surface area (Å²) < 4.78 is 25.6. The van der Waals surface area contributed by atoms with E-state index in [9.17, 15) is 18.8 Å². The predicted molar refractivity (Wildman–Crippen MR) is 127 cm³/mol. The zero-order valence-electron chi connectivity index (χ0n) is 18.2. The summed E-state index contributed by atoms with van der Waals surface area (Å²) in [5.41, 5.74) is 0.684. The summed E-state index contributed by atoms with van der Waals surface area (Å²) in [6.45, 7) is 1.46. The molecule has 0 radical (unpaired) electrons. The molecule has 0 saturated heterocycles. The minimum absolute atomic E-state index is 0.000428. The first-order chi connectivity index (χ1) is 16.9. The maximum Gasteiger partial charge on any atom is 0.374 e. The maximum atomic E-state index is 14.1. The highest BCUT2D eigenvalue weighted by Crippen LogP contribution is 2.36. The number of nitrogens with zero attached hydrogens (tertiary/aromatic N) is 3. The van der Waals surface area contributed by atoms with E-state index >= 15 is 0 Å². The van der Waals surface area contributed by atoms with Gasteiger partial charge < -0.3 is 19.9 Å². The van der Waals surface area contributed by atoms with E-state index in [0.717, 1.165) is 4.70 Å². The van der Waals surface area contributed by atoms with Crippen LogP contribution in [-0.2, 0) is 16.1 Å². The van der Waals surface area contributed by atoms with Gasteiger partial charge in [-0.1, -0.05) is 29.8 Å². The summed E-state index contributed by atoms with van der Waals surface area (Å²) in [5, 5.41) is 6.31. The highest BCUT2D eigenvalue weighted by molar-refractivity contribution is 7.13. The van der Waals surface area contributed by atoms with Crippen LogP contribution < -0.4 is 10.6 Å². The number of imidazole rings is 1. The molecule has 0 unspecified atom stereocenters. The number of carbonyl (C=O) groups excluding carboxylic acids is 3. The molecule has 3 heterocycles. The average Bonchev–Trinajstić information content (AvgIpc) is 3.42. The van der Waals surface area contributed by atoms with Gasteiger partial charge in [-0.05, 0) is 42.7 Å². The summed E-state index contributed by atoms with van der Waals surface area (Å²) in [6, 6.07) is 10.00. The molecule has 2 aromatic heterocycles. The molecule has 2 N–H and O–H groups in total. The summed E-state index contributed by atoms with van der Waals surface area (Å²) in [6.07, 6.45) is 0. The van der Waals surface area contributed by atoms with E-state index in [1.807, 2.05) is 12.1 Å². The van der Waals surface area contributed by atoms with Crippen molar-refractivity contribution in [3.05, 3.63) is 76.1 Å². The van der Waals surface area contributed by atoms with Crippen LogP contribution in [0.2, 0.25) is 5.02 Å². The molecule has 1 aliphatic rings. The molecule has 12 heteroatoms. The first-order valence-corrected chi connectivity index (χ1v) is 11.7. The fourth-order valence-corrected chi connectivity index (χ4v) is 4.96. The molecule has 0 fully saturated rings. The van der Waals surface area contributed by atoms with Crippen molar-refractivity contribution in [1.29, 1.82) is 0 Å². The number of benzene rings is 2. The number of fused-ring (bicyclic) bond motifs is 2. The Hall–Kier alpha value is -3.83. The van der Waals surface area contributed by atoms with Gasteiger partial charge in [0.05, 0.1) is 23.0 Å². The van der Waals surface area contributed by atoms with Crippen molar-refractivity contribution in [2.24, 2.45) is 0 Å². The molecule has 178 valence electrons. The van der Waals surface area contributed by atoms with E-state index in [0.29, 0.717) is 5.39 Å². The molecule has 0 aliphatic carbocycles. The summed E-state index contributed by atoms with van der Waals surface area (Å²) >= 11 is 7.51. The van der Waals surface area contributed by atoms with Crippen molar-refractivity contribution in [3.63, 3.8) is 0 Å². The van der Waals surface area contributed by atoms with E-state index < -0.39 is 29.6 Å². The Morgan fingerprint density at radius 3 is 2.91 bits per heavy atom. The van der Waals surface area contributed by atoms with Crippen LogP contribution in [0.4, 0.5) is 10.2 Å². The van der Waals surface area contributed by atoms with Crippen LogP contribution >= 0.6 is 23.1 Å². The third-order valence-corrected chi connectivity index (χ3v) is 6.61. The van der Waals surface area contributed by atoms with Gasteiger partial charge in [0, 0.05) is 16.0 Å². The van der Waals surface area contributed by atoms with Crippen LogP contribution in [0.3, 0.4) is 0 Å². The number of halogens is 2. The van der Waals surface area contributed by atoms with Crippen LogP contribution in [-0.4, -0.2) is 38.3 Å². The Bertz CT molecular complexity index is 1500. The second-order valence-electron chi connectivity index (χ2n) is 7.62. The Labute approximate surface area is 207 Å². The smallest absolute Gasteiger partial charge is 0.374 e. The Morgan fingerprint density at radius 1 is 1.31 bits per heavy atom. The molecular weight excluding hydrogens is 497 g/mol. The number of nitrogens with one attached hydrogen (secondary N) is 2. The second-order valence-corrected chi connectivity index (χ2v) is 8.84. The fraction of sp³-hybridized carbons (Fsp3) is 0.174. The lowest BCUT2D eigenvalue weighted by Crippen LogP contribution is -2.40. The summed E-state index contributed by atoms with van der Waals surface area (Å²) in [5.74, 6) is -2.52. The minimum atomic E-state index is -0.988. The van der Waals surface area contributed by atoms with Gasteiger partial charge in [0.1, 0.15) is 18.1 Å². The van der Waals surface area contributed by atoms with Crippen molar-refractivity contribution in [1.82, 2.24) is 19.2 Å². The lowest BCUT2D eigenvalue weighted by atomic mass is 10.0. The molecule has 1 atom stereocenters. The number of carbonyl (C=O) groups is 3. The quantitative estimate of drug-likeness (QED) is 0.391. The molecule has 0 saturated carbocycles. The second kappa shape index (κ2) is 9.08. The van der Waals surface area contributed by atoms with E-state index in [-0.39, 0.29) is 46.8 Å². The van der Waals surface area contributed by atoms with Crippen molar-refractivity contribution in [2.45, 2.75) is 19.5 Å². The van der Waals surface area contributed by atoms with Gasteiger partial charge >= 0.3 is 5.97 Å². The zero-order valence-corrected chi connectivity index (χ0v) is 19.7. The molecular formula is C23H17ClFN5O4S. The molecule has 2 amide bonds. The number of aromatic nitrogens is 3. The van der Waals surface area contributed by atoms with E-state index in [2.05, 4.69) is 20.0 Å². The van der Waals surface area contributed by atoms with Gasteiger partial charge in [0.2, 0.25) is 11.7 Å². The lowest BCUT2D eigenvalue weighted by molar-refractivity contribution is -0.123. The number of anilines is 1. The highest BCUT2D eigenvalue weighted by atomic mass is 35.5. The van der Waals surface area contributed by atoms with Crippen LogP contribution in [0, 0.1) is 5.82 Å². The fourth-order valence-electron chi connectivity index (χ4n) is 3.96. The Morgan fingerprint density at radius 2 is 2.11 bits per heavy atom. The summed E-state index contributed by atoms with van der Waals surface area (Å²) in [7, 11) is 0. The largest absolute Gasteiger partial charge is 0.460 e. The normalized spacial score (nSPS) is 14.9. The average molecular weight is 514 g/mol. The van der Waals surface area contributed by atoms with Crippen LogP contribution in [0.5, 0.6) is 0 Å². The molecule has 0 spiro atoms. The van der Waals surface area contributed by atoms with Crippen LogP contribution in [0.1, 0.15) is 45.3 Å². The van der Waals surface area contributed by atoms with Gasteiger partial charge in [-0.2, -0.15) is 4.37 Å². The lowest BCUT2D eigenvalue weighted by Gasteiger charge is -2.28. The third-order valence-electron chi connectivity index (χ3n) is 5.44. The number of hydrogen-bond acceptors (Lipinski definition) is 7. The Kier molecular flexibility index (Phi) is 5.95. The number of esters is 1. The third kappa shape index (κ3) is 4.13. The van der Waals surface area contributed by atoms with E-state index in [1.54, 1.807) is 19.1 Å². The molecule has 2 aromatic carbocycles. The predicted octanol–water partition coefficient (Wildman–Crippen LogP) is 3.93.